The van der Waals surface area contributed by atoms with Crippen LogP contribution in [0.4, 0.5) is 5.82 Å². The van der Waals surface area contributed by atoms with E-state index in [1.807, 2.05) is 33.0 Å². The van der Waals surface area contributed by atoms with Crippen molar-refractivity contribution in [3.63, 3.8) is 0 Å². The SMILES string of the molecule is CNC[C@@H](O)COc1ccc(Cl)c(-c2nc(-c3c(C)noc3C)c(C)c(N3Cc4cccnc4C3)n2)c1. The van der Waals surface area contributed by atoms with Crippen LogP contribution in [0.25, 0.3) is 22.6 Å². The number of aromatic nitrogens is 4. The summed E-state index contributed by atoms with van der Waals surface area (Å²) in [5.74, 6) is 2.51. The second-order valence-electron chi connectivity index (χ2n) is 9.17. The molecule has 1 aliphatic rings. The zero-order valence-corrected chi connectivity index (χ0v) is 22.0. The Kier molecular flexibility index (Phi) is 7.10. The number of fused-ring (bicyclic) bond motifs is 1. The minimum Gasteiger partial charge on any atom is -0.491 e. The van der Waals surface area contributed by atoms with Crippen molar-refractivity contribution in [3.05, 3.63) is 69.8 Å². The summed E-state index contributed by atoms with van der Waals surface area (Å²) >= 11 is 6.66. The molecule has 3 aromatic heterocycles. The van der Waals surface area contributed by atoms with Gasteiger partial charge in [-0.3, -0.25) is 4.98 Å². The van der Waals surface area contributed by atoms with Gasteiger partial charge < -0.3 is 24.6 Å². The van der Waals surface area contributed by atoms with Crippen LogP contribution in [0, 0.1) is 20.8 Å². The lowest BCUT2D eigenvalue weighted by Crippen LogP contribution is -2.29. The van der Waals surface area contributed by atoms with Crippen molar-refractivity contribution in [2.75, 3.05) is 25.1 Å². The molecule has 1 aliphatic heterocycles. The van der Waals surface area contributed by atoms with Crippen LogP contribution in [0.15, 0.2) is 41.1 Å². The summed E-state index contributed by atoms with van der Waals surface area (Å²) < 4.78 is 11.3. The van der Waals surface area contributed by atoms with Crippen molar-refractivity contribution in [1.29, 1.82) is 0 Å². The lowest BCUT2D eigenvalue weighted by molar-refractivity contribution is 0.108. The molecule has 1 atom stereocenters. The number of aryl methyl sites for hydroxylation is 2. The van der Waals surface area contributed by atoms with Gasteiger partial charge in [0.15, 0.2) is 5.82 Å². The van der Waals surface area contributed by atoms with Crippen LogP contribution < -0.4 is 15.0 Å². The van der Waals surface area contributed by atoms with Crippen LogP contribution in [-0.2, 0) is 13.1 Å². The third-order valence-corrected chi connectivity index (χ3v) is 6.77. The molecule has 0 unspecified atom stereocenters. The van der Waals surface area contributed by atoms with E-state index in [1.165, 1.54) is 5.56 Å². The Morgan fingerprint density at radius 1 is 1.19 bits per heavy atom. The van der Waals surface area contributed by atoms with Crippen molar-refractivity contribution in [2.45, 2.75) is 40.0 Å². The number of likely N-dealkylation sites (N-methyl/N-ethyl adjacent to an activating group) is 1. The van der Waals surface area contributed by atoms with Gasteiger partial charge in [-0.25, -0.2) is 9.97 Å². The predicted molar refractivity (Wildman–Crippen MR) is 142 cm³/mol. The number of pyridine rings is 1. The number of hydrogen-bond acceptors (Lipinski definition) is 9. The van der Waals surface area contributed by atoms with Gasteiger partial charge in [0.25, 0.3) is 0 Å². The van der Waals surface area contributed by atoms with E-state index in [0.29, 0.717) is 47.6 Å². The molecular formula is C27H29ClN6O3. The molecule has 37 heavy (non-hydrogen) atoms. The van der Waals surface area contributed by atoms with E-state index in [9.17, 15) is 5.11 Å². The van der Waals surface area contributed by atoms with E-state index >= 15 is 0 Å². The molecule has 0 fully saturated rings. The maximum absolute atomic E-state index is 10.0. The van der Waals surface area contributed by atoms with Gasteiger partial charge in [-0.15, -0.1) is 0 Å². The molecule has 4 heterocycles. The standard InChI is InChI=1S/C27H29ClN6O3/c1-15-25(24-16(2)33-37-17(24)3)31-26(32-27(15)34-12-18-6-5-9-30-23(18)13-34)21-10-20(7-8-22(21)28)36-14-19(35)11-29-4/h5-10,19,29,35H,11-14H2,1-4H3/t19-/m1/s1. The van der Waals surface area contributed by atoms with Crippen LogP contribution in [-0.4, -0.2) is 51.5 Å². The van der Waals surface area contributed by atoms with Crippen LogP contribution in [0.5, 0.6) is 5.75 Å². The Labute approximate surface area is 220 Å². The molecule has 0 bridgehead atoms. The number of rotatable bonds is 8. The molecule has 9 nitrogen and oxygen atoms in total. The molecule has 0 aliphatic carbocycles. The third kappa shape index (κ3) is 5.02. The predicted octanol–water partition coefficient (Wildman–Crippen LogP) is 4.25. The van der Waals surface area contributed by atoms with Crippen molar-refractivity contribution in [2.24, 2.45) is 0 Å². The second kappa shape index (κ2) is 10.5. The quantitative estimate of drug-likeness (QED) is 0.352. The van der Waals surface area contributed by atoms with Crippen molar-refractivity contribution < 1.29 is 14.4 Å². The fraction of sp³-hybridized carbons (Fsp3) is 0.333. The molecule has 10 heteroatoms. The summed E-state index contributed by atoms with van der Waals surface area (Å²) in [6, 6.07) is 9.37. The molecule has 5 rings (SSSR count). The maximum atomic E-state index is 10.0. The molecule has 4 aromatic rings. The molecular weight excluding hydrogens is 492 g/mol. The summed E-state index contributed by atoms with van der Waals surface area (Å²) in [5.41, 5.74) is 6.10. The van der Waals surface area contributed by atoms with E-state index in [4.69, 9.17) is 30.8 Å². The smallest absolute Gasteiger partial charge is 0.163 e. The van der Waals surface area contributed by atoms with E-state index in [-0.39, 0.29) is 6.61 Å². The number of hydrogen-bond donors (Lipinski definition) is 2. The highest BCUT2D eigenvalue weighted by molar-refractivity contribution is 6.33. The Hall–Kier alpha value is -3.53. The number of nitrogens with zero attached hydrogens (tertiary/aromatic N) is 5. The van der Waals surface area contributed by atoms with Crippen LogP contribution in [0.2, 0.25) is 5.02 Å². The molecule has 192 valence electrons. The van der Waals surface area contributed by atoms with Crippen molar-refractivity contribution in [3.8, 4) is 28.4 Å². The lowest BCUT2D eigenvalue weighted by Gasteiger charge is -2.22. The summed E-state index contributed by atoms with van der Waals surface area (Å²) in [6.45, 7) is 7.71. The average Bonchev–Trinajstić information content (AvgIpc) is 3.46. The van der Waals surface area contributed by atoms with Gasteiger partial charge >= 0.3 is 0 Å². The Bertz CT molecular complexity index is 1400. The summed E-state index contributed by atoms with van der Waals surface area (Å²) in [7, 11) is 1.78. The van der Waals surface area contributed by atoms with E-state index < -0.39 is 6.10 Å². The van der Waals surface area contributed by atoms with Gasteiger partial charge in [0.2, 0.25) is 0 Å². The van der Waals surface area contributed by atoms with E-state index in [2.05, 4.69) is 26.4 Å². The van der Waals surface area contributed by atoms with Gasteiger partial charge in [-0.05, 0) is 57.6 Å². The first-order valence-corrected chi connectivity index (χ1v) is 12.5. The lowest BCUT2D eigenvalue weighted by atomic mass is 10.0. The largest absolute Gasteiger partial charge is 0.491 e. The highest BCUT2D eigenvalue weighted by atomic mass is 35.5. The van der Waals surface area contributed by atoms with Gasteiger partial charge in [-0.2, -0.15) is 0 Å². The normalized spacial score (nSPS) is 13.6. The summed E-state index contributed by atoms with van der Waals surface area (Å²) in [5, 5.41) is 17.6. The number of aliphatic hydroxyl groups excluding tert-OH is 1. The van der Waals surface area contributed by atoms with Crippen LogP contribution in [0.1, 0.15) is 28.3 Å². The number of aliphatic hydroxyl groups is 1. The Balaban J connectivity index is 1.60. The van der Waals surface area contributed by atoms with Gasteiger partial charge in [-0.1, -0.05) is 22.8 Å². The molecule has 0 saturated carbocycles. The molecule has 0 radical (unpaired) electrons. The zero-order valence-electron chi connectivity index (χ0n) is 21.2. The minimum absolute atomic E-state index is 0.144. The first kappa shape index (κ1) is 25.1. The third-order valence-electron chi connectivity index (χ3n) is 6.44. The van der Waals surface area contributed by atoms with Crippen molar-refractivity contribution >= 4 is 17.4 Å². The topological polar surface area (TPSA) is 109 Å². The average molecular weight is 521 g/mol. The highest BCUT2D eigenvalue weighted by Gasteiger charge is 2.27. The first-order chi connectivity index (χ1) is 17.9. The number of anilines is 1. The Morgan fingerprint density at radius 3 is 2.76 bits per heavy atom. The fourth-order valence-corrected chi connectivity index (χ4v) is 4.80. The van der Waals surface area contributed by atoms with Crippen molar-refractivity contribution in [1.82, 2.24) is 25.4 Å². The number of nitrogens with one attached hydrogen (secondary N) is 1. The minimum atomic E-state index is -0.636. The monoisotopic (exact) mass is 520 g/mol. The zero-order chi connectivity index (χ0) is 26.1. The fourth-order valence-electron chi connectivity index (χ4n) is 4.60. The van der Waals surface area contributed by atoms with Crippen LogP contribution >= 0.6 is 11.6 Å². The maximum Gasteiger partial charge on any atom is 0.163 e. The van der Waals surface area contributed by atoms with Gasteiger partial charge in [0.1, 0.15) is 30.0 Å². The van der Waals surface area contributed by atoms with Gasteiger partial charge in [0.05, 0.1) is 34.2 Å². The summed E-state index contributed by atoms with van der Waals surface area (Å²) in [6.07, 6.45) is 1.18. The first-order valence-electron chi connectivity index (χ1n) is 12.1. The molecule has 2 N–H and O–H groups in total. The second-order valence-corrected chi connectivity index (χ2v) is 9.58. The molecule has 1 aromatic carbocycles. The van der Waals surface area contributed by atoms with Gasteiger partial charge in [0, 0.05) is 30.4 Å². The van der Waals surface area contributed by atoms with E-state index in [1.54, 1.807) is 25.2 Å². The molecule has 0 saturated heterocycles. The van der Waals surface area contributed by atoms with E-state index in [0.717, 1.165) is 34.0 Å². The van der Waals surface area contributed by atoms with Crippen LogP contribution in [0.3, 0.4) is 0 Å². The Morgan fingerprint density at radius 2 is 2.03 bits per heavy atom. The number of halogens is 1. The molecule has 0 amide bonds. The number of benzene rings is 1. The molecule has 0 spiro atoms. The number of ether oxygens (including phenoxy) is 1. The summed E-state index contributed by atoms with van der Waals surface area (Å²) in [4.78, 5) is 16.7. The highest BCUT2D eigenvalue weighted by Crippen LogP contribution is 2.38.